The first kappa shape index (κ1) is 42.2. The molecule has 0 fully saturated rings. The normalized spacial score (nSPS) is 15.0. The molecule has 260 valence electrons. The van der Waals surface area contributed by atoms with Gasteiger partial charge in [-0.15, -0.1) is 0 Å². The Bertz CT molecular complexity index is 899. The molecule has 0 unspecified atom stereocenters. The minimum absolute atomic E-state index is 0.0719. The maximum atomic E-state index is 13.0. The van der Waals surface area contributed by atoms with Crippen molar-refractivity contribution in [1.82, 2.24) is 26.6 Å². The number of amides is 5. The van der Waals surface area contributed by atoms with Gasteiger partial charge in [0.25, 0.3) is 5.91 Å². The number of nitrogens with one attached hydrogen (secondary N) is 5. The van der Waals surface area contributed by atoms with E-state index < -0.39 is 67.1 Å². The van der Waals surface area contributed by atoms with E-state index in [1.807, 2.05) is 0 Å². The molecule has 0 radical (unpaired) electrons. The SMILES string of the molecule is CCCCCCCCCC(=O)N[C@@H](CCN)C(=O)N[C@H](C(=O)N[C@@H](N)C(=O)N[C@@H](CCCCN)C(=O)N[C@@H](C)B(O)O)[C@@H](C)O. The molecule has 16 nitrogen and oxygen atoms in total. The van der Waals surface area contributed by atoms with E-state index in [9.17, 15) is 39.1 Å². The van der Waals surface area contributed by atoms with Crippen LogP contribution in [0.2, 0.25) is 0 Å². The molecular weight excluding hydrogens is 587 g/mol. The fourth-order valence-corrected chi connectivity index (χ4v) is 4.33. The summed E-state index contributed by atoms with van der Waals surface area (Å²) in [6, 6.07) is -3.71. The maximum Gasteiger partial charge on any atom is 0.475 e. The Kier molecular flexibility index (Phi) is 22.9. The first-order valence-electron chi connectivity index (χ1n) is 16.0. The predicted octanol–water partition coefficient (Wildman–Crippen LogP) is -2.64. The van der Waals surface area contributed by atoms with Crippen LogP contribution in [0.15, 0.2) is 0 Å². The summed E-state index contributed by atoms with van der Waals surface area (Å²) in [5.41, 5.74) is 17.0. The Labute approximate surface area is 266 Å². The van der Waals surface area contributed by atoms with Crippen LogP contribution in [0.4, 0.5) is 0 Å². The monoisotopic (exact) mass is 644 g/mol. The standard InChI is InChI=1S/C28H57BN8O8/c1-4-5-6-7-8-9-10-14-22(39)34-21(15-17-31)26(41)36-23(18(2)38)27(42)37-24(32)28(43)35-20(13-11-12-16-30)25(40)33-19(3)29(44)45/h18-21,23-24,38,44-45H,4-17,30-32H2,1-3H3,(H,33,40)(H,34,39)(H,35,43)(H,36,41)(H,37,42)/t18-,19+,20+,21+,23+,24-/m1/s1. The predicted molar refractivity (Wildman–Crippen MR) is 171 cm³/mol. The summed E-state index contributed by atoms with van der Waals surface area (Å²) >= 11 is 0. The van der Waals surface area contributed by atoms with Gasteiger partial charge in [0.1, 0.15) is 18.1 Å². The average Bonchev–Trinajstić information content (AvgIpc) is 2.98. The number of rotatable bonds is 25. The van der Waals surface area contributed by atoms with Crippen LogP contribution in [0.25, 0.3) is 0 Å². The summed E-state index contributed by atoms with van der Waals surface area (Å²) < 4.78 is 0. The number of nitrogens with two attached hydrogens (primary N) is 3. The molecule has 6 atom stereocenters. The fourth-order valence-electron chi connectivity index (χ4n) is 4.33. The smallest absolute Gasteiger partial charge is 0.426 e. The van der Waals surface area contributed by atoms with Crippen molar-refractivity contribution < 1.29 is 39.1 Å². The molecule has 0 bridgehead atoms. The Hall–Kier alpha value is -2.83. The molecule has 45 heavy (non-hydrogen) atoms. The van der Waals surface area contributed by atoms with Crippen LogP contribution >= 0.6 is 0 Å². The van der Waals surface area contributed by atoms with E-state index in [0.29, 0.717) is 25.8 Å². The molecule has 0 saturated heterocycles. The largest absolute Gasteiger partial charge is 0.475 e. The molecule has 5 amide bonds. The minimum Gasteiger partial charge on any atom is -0.426 e. The second-order valence-corrected chi connectivity index (χ2v) is 11.3. The van der Waals surface area contributed by atoms with Crippen LogP contribution in [0.3, 0.4) is 0 Å². The van der Waals surface area contributed by atoms with Crippen molar-refractivity contribution in [3.05, 3.63) is 0 Å². The van der Waals surface area contributed by atoms with E-state index in [4.69, 9.17) is 17.2 Å². The lowest BCUT2D eigenvalue weighted by atomic mass is 9.81. The van der Waals surface area contributed by atoms with Gasteiger partial charge in [0.15, 0.2) is 6.17 Å². The Morgan fingerprint density at radius 2 is 1.24 bits per heavy atom. The van der Waals surface area contributed by atoms with E-state index in [1.54, 1.807) is 0 Å². The second-order valence-electron chi connectivity index (χ2n) is 11.3. The molecule has 0 rings (SSSR count). The highest BCUT2D eigenvalue weighted by atomic mass is 16.4. The molecule has 0 aliphatic carbocycles. The van der Waals surface area contributed by atoms with Gasteiger partial charge in [-0.3, -0.25) is 24.0 Å². The Morgan fingerprint density at radius 1 is 0.667 bits per heavy atom. The van der Waals surface area contributed by atoms with Crippen molar-refractivity contribution in [2.45, 2.75) is 134 Å². The number of hydrogen-bond donors (Lipinski definition) is 11. The molecule has 0 aliphatic rings. The van der Waals surface area contributed by atoms with Crippen molar-refractivity contribution in [3.8, 4) is 0 Å². The summed E-state index contributed by atoms with van der Waals surface area (Å²) in [6.45, 7) is 5.18. The molecule has 0 spiro atoms. The van der Waals surface area contributed by atoms with E-state index >= 15 is 0 Å². The van der Waals surface area contributed by atoms with E-state index in [2.05, 4.69) is 33.5 Å². The van der Waals surface area contributed by atoms with E-state index in [-0.39, 0.29) is 31.7 Å². The van der Waals surface area contributed by atoms with Gasteiger partial charge in [-0.2, -0.15) is 0 Å². The summed E-state index contributed by atoms with van der Waals surface area (Å²) in [7, 11) is -1.83. The zero-order valence-electron chi connectivity index (χ0n) is 27.1. The second kappa shape index (κ2) is 24.4. The van der Waals surface area contributed by atoms with Gasteiger partial charge in [0.05, 0.1) is 12.0 Å². The molecule has 17 heteroatoms. The number of aliphatic hydroxyl groups excluding tert-OH is 1. The van der Waals surface area contributed by atoms with Crippen molar-refractivity contribution in [2.75, 3.05) is 13.1 Å². The summed E-state index contributed by atoms with van der Waals surface area (Å²) in [4.78, 5) is 63.8. The van der Waals surface area contributed by atoms with Crippen LogP contribution in [-0.2, 0) is 24.0 Å². The van der Waals surface area contributed by atoms with Crippen molar-refractivity contribution in [1.29, 1.82) is 0 Å². The maximum absolute atomic E-state index is 13.0. The van der Waals surface area contributed by atoms with Crippen molar-refractivity contribution >= 4 is 36.7 Å². The Morgan fingerprint density at radius 3 is 1.80 bits per heavy atom. The molecule has 0 aromatic rings. The molecule has 0 aliphatic heterocycles. The number of hydrogen-bond acceptors (Lipinski definition) is 11. The first-order valence-corrected chi connectivity index (χ1v) is 16.0. The lowest BCUT2D eigenvalue weighted by Crippen LogP contribution is -2.63. The highest BCUT2D eigenvalue weighted by molar-refractivity contribution is 6.43. The van der Waals surface area contributed by atoms with Crippen LogP contribution in [-0.4, -0.2) is 101 Å². The summed E-state index contributed by atoms with van der Waals surface area (Å²) in [5.74, 6) is -4.73. The topological polar surface area (TPSA) is 284 Å². The Balaban J connectivity index is 5.21. The van der Waals surface area contributed by atoms with Gasteiger partial charge in [-0.1, -0.05) is 45.4 Å². The third-order valence-electron chi connectivity index (χ3n) is 7.15. The molecule has 14 N–H and O–H groups in total. The molecular formula is C28H57BN8O8. The van der Waals surface area contributed by atoms with E-state index in [1.165, 1.54) is 26.7 Å². The van der Waals surface area contributed by atoms with Gasteiger partial charge in [0.2, 0.25) is 23.6 Å². The van der Waals surface area contributed by atoms with Crippen LogP contribution in [0.1, 0.15) is 97.8 Å². The van der Waals surface area contributed by atoms with Crippen LogP contribution in [0.5, 0.6) is 0 Å². The third-order valence-corrected chi connectivity index (χ3v) is 7.15. The number of carbonyl (C=O) groups is 5. The molecule has 0 aromatic carbocycles. The van der Waals surface area contributed by atoms with Crippen LogP contribution in [0, 0.1) is 0 Å². The third kappa shape index (κ3) is 18.7. The van der Waals surface area contributed by atoms with Gasteiger partial charge >= 0.3 is 7.12 Å². The van der Waals surface area contributed by atoms with Gasteiger partial charge in [-0.05, 0) is 59.0 Å². The summed E-state index contributed by atoms with van der Waals surface area (Å²) in [6.07, 6.45) is 5.62. The average molecular weight is 645 g/mol. The first-order chi connectivity index (χ1) is 21.3. The fraction of sp³-hybridized carbons (Fsp3) is 0.821. The number of carbonyl (C=O) groups excluding carboxylic acids is 5. The minimum atomic E-state index is -1.83. The quantitative estimate of drug-likeness (QED) is 0.0277. The highest BCUT2D eigenvalue weighted by Gasteiger charge is 2.32. The molecule has 0 aromatic heterocycles. The highest BCUT2D eigenvalue weighted by Crippen LogP contribution is 2.09. The number of unbranched alkanes of at least 4 members (excludes halogenated alkanes) is 7. The van der Waals surface area contributed by atoms with Gasteiger partial charge in [0, 0.05) is 6.42 Å². The number of aliphatic hydroxyl groups is 1. The van der Waals surface area contributed by atoms with Crippen LogP contribution < -0.4 is 43.8 Å². The zero-order valence-corrected chi connectivity index (χ0v) is 27.1. The molecule has 0 heterocycles. The van der Waals surface area contributed by atoms with Crippen molar-refractivity contribution in [3.63, 3.8) is 0 Å². The van der Waals surface area contributed by atoms with E-state index in [0.717, 1.165) is 25.7 Å². The van der Waals surface area contributed by atoms with Crippen molar-refractivity contribution in [2.24, 2.45) is 17.2 Å². The van der Waals surface area contributed by atoms with Gasteiger partial charge in [-0.25, -0.2) is 0 Å². The lowest BCUT2D eigenvalue weighted by Gasteiger charge is -2.26. The molecule has 0 saturated carbocycles. The lowest BCUT2D eigenvalue weighted by molar-refractivity contribution is -0.136. The zero-order chi connectivity index (χ0) is 34.4. The summed E-state index contributed by atoms with van der Waals surface area (Å²) in [5, 5.41) is 40.8. The van der Waals surface area contributed by atoms with Gasteiger partial charge < -0.3 is 58.9 Å².